The van der Waals surface area contributed by atoms with Crippen molar-refractivity contribution in [3.63, 3.8) is 0 Å². The third-order valence-corrected chi connectivity index (χ3v) is 1.47. The van der Waals surface area contributed by atoms with Gasteiger partial charge in [-0.05, 0) is 12.8 Å². The van der Waals surface area contributed by atoms with Gasteiger partial charge in [-0.3, -0.25) is 0 Å². The van der Waals surface area contributed by atoms with Crippen molar-refractivity contribution in [3.8, 4) is 0 Å². The monoisotopic (exact) mass is 154 g/mol. The SMILES string of the molecule is CC/C=C(\C=C/COC)CC. The van der Waals surface area contributed by atoms with Crippen molar-refractivity contribution in [2.45, 2.75) is 26.7 Å². The summed E-state index contributed by atoms with van der Waals surface area (Å²) in [7, 11) is 1.71. The molecule has 0 aromatic rings. The first-order valence-electron chi connectivity index (χ1n) is 4.19. The van der Waals surface area contributed by atoms with Crippen LogP contribution in [0.3, 0.4) is 0 Å². The number of methoxy groups -OCH3 is 1. The van der Waals surface area contributed by atoms with E-state index in [0.29, 0.717) is 6.61 Å². The maximum absolute atomic E-state index is 4.90. The Morgan fingerprint density at radius 2 is 2.09 bits per heavy atom. The Labute approximate surface area is 69.8 Å². The van der Waals surface area contributed by atoms with E-state index in [-0.39, 0.29) is 0 Å². The number of hydrogen-bond acceptors (Lipinski definition) is 1. The molecule has 0 aromatic carbocycles. The molecular weight excluding hydrogens is 136 g/mol. The molecule has 11 heavy (non-hydrogen) atoms. The predicted octanol–water partition coefficient (Wildman–Crippen LogP) is 2.94. The van der Waals surface area contributed by atoms with Crippen LogP contribution < -0.4 is 0 Å². The summed E-state index contributed by atoms with van der Waals surface area (Å²) < 4.78 is 4.90. The summed E-state index contributed by atoms with van der Waals surface area (Å²) in [6, 6.07) is 0. The van der Waals surface area contributed by atoms with E-state index in [4.69, 9.17) is 4.74 Å². The zero-order valence-electron chi connectivity index (χ0n) is 7.76. The van der Waals surface area contributed by atoms with Gasteiger partial charge >= 0.3 is 0 Å². The Hall–Kier alpha value is -0.560. The maximum Gasteiger partial charge on any atom is 0.0646 e. The van der Waals surface area contributed by atoms with Gasteiger partial charge in [-0.1, -0.05) is 37.6 Å². The highest BCUT2D eigenvalue weighted by Crippen LogP contribution is 2.03. The van der Waals surface area contributed by atoms with Crippen molar-refractivity contribution < 1.29 is 4.74 Å². The molecule has 0 fully saturated rings. The van der Waals surface area contributed by atoms with Crippen LogP contribution in [0.5, 0.6) is 0 Å². The van der Waals surface area contributed by atoms with E-state index < -0.39 is 0 Å². The van der Waals surface area contributed by atoms with E-state index in [1.807, 2.05) is 6.08 Å². The van der Waals surface area contributed by atoms with Crippen LogP contribution in [0.15, 0.2) is 23.8 Å². The van der Waals surface area contributed by atoms with Crippen molar-refractivity contribution in [2.24, 2.45) is 0 Å². The third kappa shape index (κ3) is 5.86. The summed E-state index contributed by atoms with van der Waals surface area (Å²) in [6.45, 7) is 5.03. The maximum atomic E-state index is 4.90. The molecule has 1 heteroatoms. The second-order valence-electron chi connectivity index (χ2n) is 2.40. The van der Waals surface area contributed by atoms with E-state index in [1.54, 1.807) is 7.11 Å². The third-order valence-electron chi connectivity index (χ3n) is 1.47. The van der Waals surface area contributed by atoms with Crippen LogP contribution in [0.2, 0.25) is 0 Å². The minimum Gasteiger partial charge on any atom is -0.381 e. The van der Waals surface area contributed by atoms with Gasteiger partial charge in [-0.25, -0.2) is 0 Å². The zero-order valence-corrected chi connectivity index (χ0v) is 7.76. The molecule has 0 unspecified atom stereocenters. The van der Waals surface area contributed by atoms with Gasteiger partial charge in [0.25, 0.3) is 0 Å². The second-order valence-corrected chi connectivity index (χ2v) is 2.40. The van der Waals surface area contributed by atoms with Crippen LogP contribution in [0, 0.1) is 0 Å². The molecule has 0 heterocycles. The summed E-state index contributed by atoms with van der Waals surface area (Å²) in [5, 5.41) is 0. The average Bonchev–Trinajstić information content (AvgIpc) is 2.03. The Bertz CT molecular complexity index is 134. The minimum atomic E-state index is 0.709. The highest BCUT2D eigenvalue weighted by molar-refractivity contribution is 5.17. The van der Waals surface area contributed by atoms with Gasteiger partial charge in [0.2, 0.25) is 0 Å². The molecule has 0 aromatic heterocycles. The standard InChI is InChI=1S/C10H18O/c1-4-7-10(5-2)8-6-9-11-3/h6-8H,4-5,9H2,1-3H3/b8-6-,10-7-. The predicted molar refractivity (Wildman–Crippen MR) is 49.7 cm³/mol. The largest absolute Gasteiger partial charge is 0.381 e. The van der Waals surface area contributed by atoms with Crippen LogP contribution in [-0.4, -0.2) is 13.7 Å². The lowest BCUT2D eigenvalue weighted by atomic mass is 10.1. The van der Waals surface area contributed by atoms with Gasteiger partial charge in [0, 0.05) is 7.11 Å². The van der Waals surface area contributed by atoms with Crippen LogP contribution in [0.1, 0.15) is 26.7 Å². The van der Waals surface area contributed by atoms with Gasteiger partial charge < -0.3 is 4.74 Å². The summed E-state index contributed by atoms with van der Waals surface area (Å²) in [4.78, 5) is 0. The van der Waals surface area contributed by atoms with E-state index in [0.717, 1.165) is 12.8 Å². The molecule has 1 nitrogen and oxygen atoms in total. The van der Waals surface area contributed by atoms with E-state index in [1.165, 1.54) is 5.57 Å². The summed E-state index contributed by atoms with van der Waals surface area (Å²) in [5.41, 5.74) is 1.39. The normalized spacial score (nSPS) is 12.8. The fraction of sp³-hybridized carbons (Fsp3) is 0.600. The average molecular weight is 154 g/mol. The first-order chi connectivity index (χ1) is 5.35. The van der Waals surface area contributed by atoms with Gasteiger partial charge in [-0.2, -0.15) is 0 Å². The number of rotatable bonds is 5. The fourth-order valence-electron chi connectivity index (χ4n) is 0.888. The van der Waals surface area contributed by atoms with Gasteiger partial charge in [0.05, 0.1) is 6.61 Å². The molecule has 0 rings (SSSR count). The Morgan fingerprint density at radius 1 is 1.36 bits per heavy atom. The topological polar surface area (TPSA) is 9.23 Å². The molecular formula is C10H18O. The molecule has 0 saturated carbocycles. The van der Waals surface area contributed by atoms with Crippen LogP contribution >= 0.6 is 0 Å². The summed E-state index contributed by atoms with van der Waals surface area (Å²) >= 11 is 0. The fourth-order valence-corrected chi connectivity index (χ4v) is 0.888. The van der Waals surface area contributed by atoms with Crippen LogP contribution in [0.25, 0.3) is 0 Å². The molecule has 0 bridgehead atoms. The molecule has 0 aliphatic rings. The van der Waals surface area contributed by atoms with E-state index >= 15 is 0 Å². The molecule has 0 spiro atoms. The highest BCUT2D eigenvalue weighted by Gasteiger charge is 1.84. The summed E-state index contributed by atoms with van der Waals surface area (Å²) in [6.07, 6.45) is 8.64. The second kappa shape index (κ2) is 7.55. The summed E-state index contributed by atoms with van der Waals surface area (Å²) in [5.74, 6) is 0. The van der Waals surface area contributed by atoms with Gasteiger partial charge in [0.15, 0.2) is 0 Å². The number of allylic oxidation sites excluding steroid dienone is 3. The molecule has 64 valence electrons. The van der Waals surface area contributed by atoms with Crippen molar-refractivity contribution in [3.05, 3.63) is 23.8 Å². The first kappa shape index (κ1) is 10.4. The molecule has 0 amide bonds. The zero-order chi connectivity index (χ0) is 8.53. The number of hydrogen-bond donors (Lipinski definition) is 0. The van der Waals surface area contributed by atoms with Crippen LogP contribution in [-0.2, 0) is 4.74 Å². The molecule has 0 atom stereocenters. The molecule has 0 N–H and O–H groups in total. The van der Waals surface area contributed by atoms with Crippen molar-refractivity contribution in [2.75, 3.05) is 13.7 Å². The minimum absolute atomic E-state index is 0.709. The quantitative estimate of drug-likeness (QED) is 0.553. The molecule has 0 saturated heterocycles. The van der Waals surface area contributed by atoms with Crippen molar-refractivity contribution >= 4 is 0 Å². The van der Waals surface area contributed by atoms with Gasteiger partial charge in [0.1, 0.15) is 0 Å². The lowest BCUT2D eigenvalue weighted by molar-refractivity contribution is 0.234. The van der Waals surface area contributed by atoms with Crippen molar-refractivity contribution in [1.29, 1.82) is 0 Å². The van der Waals surface area contributed by atoms with Crippen molar-refractivity contribution in [1.82, 2.24) is 0 Å². The van der Waals surface area contributed by atoms with Crippen LogP contribution in [0.4, 0.5) is 0 Å². The Morgan fingerprint density at radius 3 is 2.55 bits per heavy atom. The Kier molecular flexibility index (Phi) is 7.16. The lowest BCUT2D eigenvalue weighted by Crippen LogP contribution is -1.81. The molecule has 0 radical (unpaired) electrons. The molecule has 0 aliphatic heterocycles. The van der Waals surface area contributed by atoms with Gasteiger partial charge in [-0.15, -0.1) is 0 Å². The first-order valence-corrected chi connectivity index (χ1v) is 4.19. The Balaban J connectivity index is 3.76. The lowest BCUT2D eigenvalue weighted by Gasteiger charge is -1.95. The highest BCUT2D eigenvalue weighted by atomic mass is 16.5. The van der Waals surface area contributed by atoms with E-state index in [2.05, 4.69) is 26.0 Å². The molecule has 0 aliphatic carbocycles. The smallest absolute Gasteiger partial charge is 0.0646 e. The number of ether oxygens (including phenoxy) is 1. The van der Waals surface area contributed by atoms with E-state index in [9.17, 15) is 0 Å².